The van der Waals surface area contributed by atoms with Gasteiger partial charge in [0, 0.05) is 170 Å². The molecule has 0 fully saturated rings. The Bertz CT molecular complexity index is 4780. The van der Waals surface area contributed by atoms with E-state index in [1.54, 1.807) is 12.1 Å². The molecular weight excluding hydrogens is 1400 g/mol. The molecule has 1 aliphatic heterocycles. The molecule has 114 heavy (non-hydrogen) atoms. The van der Waals surface area contributed by atoms with Crippen molar-refractivity contribution in [1.29, 1.82) is 0 Å². The normalized spacial score (nSPS) is 11.4. The van der Waals surface area contributed by atoms with Crippen LogP contribution in [0.5, 0.6) is 11.5 Å². The quantitative estimate of drug-likeness (QED) is 0.0379. The summed E-state index contributed by atoms with van der Waals surface area (Å²) in [6.45, 7) is 11.8. The van der Waals surface area contributed by atoms with Crippen molar-refractivity contribution in [3.63, 3.8) is 0 Å². The summed E-state index contributed by atoms with van der Waals surface area (Å²) in [4.78, 5) is 28.8. The van der Waals surface area contributed by atoms with Crippen molar-refractivity contribution in [1.82, 2.24) is 19.6 Å². The Morgan fingerprint density at radius 3 is 0.860 bits per heavy atom. The van der Waals surface area contributed by atoms with Crippen molar-refractivity contribution in [3.8, 4) is 11.5 Å². The van der Waals surface area contributed by atoms with Crippen LogP contribution in [0.1, 0.15) is 83.8 Å². The average molecular weight is 1520 g/mol. The van der Waals surface area contributed by atoms with Crippen molar-refractivity contribution >= 4 is 29.2 Å². The summed E-state index contributed by atoms with van der Waals surface area (Å²) in [5.41, 5.74) is 23.1. The second-order valence-electron chi connectivity index (χ2n) is 30.2. The lowest BCUT2D eigenvalue weighted by Crippen LogP contribution is -2.28. The number of carbonyl (C=O) groups is 1. The summed E-state index contributed by atoms with van der Waals surface area (Å²) >= 11 is 0. The number of rotatable bonds is 32. The third kappa shape index (κ3) is 27.2. The predicted molar refractivity (Wildman–Crippen MR) is 472 cm³/mol. The van der Waals surface area contributed by atoms with Crippen molar-refractivity contribution in [3.05, 3.63) is 429 Å². The Kier molecular flexibility index (Phi) is 31.9. The van der Waals surface area contributed by atoms with Crippen LogP contribution in [0.2, 0.25) is 0 Å². The maximum absolute atomic E-state index is 13.2. The van der Waals surface area contributed by atoms with Crippen LogP contribution < -0.4 is 29.1 Å². The van der Waals surface area contributed by atoms with Crippen LogP contribution in [-0.2, 0) is 83.2 Å². The minimum Gasteiger partial charge on any atom is -0.493 e. The molecule has 0 bridgehead atoms. The lowest BCUT2D eigenvalue weighted by Gasteiger charge is -2.29. The van der Waals surface area contributed by atoms with Crippen molar-refractivity contribution in [2.24, 2.45) is 0 Å². The minimum absolute atomic E-state index is 0.228. The van der Waals surface area contributed by atoms with E-state index < -0.39 is 0 Å². The van der Waals surface area contributed by atoms with Gasteiger partial charge in [0.25, 0.3) is 6.47 Å². The largest absolute Gasteiger partial charge is 0.493 e. The highest BCUT2D eigenvalue weighted by molar-refractivity contribution is 5.50. The molecule has 0 N–H and O–H groups in total. The summed E-state index contributed by atoms with van der Waals surface area (Å²) in [7, 11) is 16.6. The summed E-state index contributed by atoms with van der Waals surface area (Å²) in [5, 5.41) is 0. The van der Waals surface area contributed by atoms with Gasteiger partial charge < -0.3 is 29.1 Å². The van der Waals surface area contributed by atoms with E-state index >= 15 is 0 Å². The van der Waals surface area contributed by atoms with Gasteiger partial charge in [-0.3, -0.25) is 24.4 Å². The van der Waals surface area contributed by atoms with Gasteiger partial charge >= 0.3 is 0 Å². The van der Waals surface area contributed by atoms with Gasteiger partial charge in [0.2, 0.25) is 0 Å². The van der Waals surface area contributed by atoms with E-state index in [1.807, 2.05) is 42.5 Å². The van der Waals surface area contributed by atoms with Crippen LogP contribution >= 0.6 is 0 Å². The van der Waals surface area contributed by atoms with Crippen LogP contribution in [-0.4, -0.2) is 95.6 Å². The first-order valence-electron chi connectivity index (χ1n) is 39.5. The maximum Gasteiger partial charge on any atom is 0.298 e. The molecular formula is C102H111FN8O3. The number of carbonyl (C=O) groups excluding carboxylic acids is 1. The average Bonchev–Trinajstić information content (AvgIpc) is 1.43. The van der Waals surface area contributed by atoms with Crippen LogP contribution in [0.25, 0.3) is 0 Å². The Morgan fingerprint density at radius 1 is 0.307 bits per heavy atom. The number of benzene rings is 13. The number of ether oxygens (including phenoxy) is 2. The second-order valence-corrected chi connectivity index (χ2v) is 30.2. The van der Waals surface area contributed by atoms with Gasteiger partial charge in [-0.05, 0) is 157 Å². The van der Waals surface area contributed by atoms with E-state index in [-0.39, 0.29) is 5.82 Å². The third-order valence-electron chi connectivity index (χ3n) is 20.3. The number of halogens is 1. The van der Waals surface area contributed by atoms with Crippen molar-refractivity contribution < 1.29 is 18.7 Å². The molecule has 14 rings (SSSR count). The topological polar surface area (TPSA) is 61.5 Å². The Morgan fingerprint density at radius 2 is 0.561 bits per heavy atom. The van der Waals surface area contributed by atoms with Crippen LogP contribution in [0.4, 0.5) is 27.1 Å². The Labute approximate surface area is 678 Å². The smallest absolute Gasteiger partial charge is 0.298 e. The molecule has 0 saturated carbocycles. The number of hydrogen-bond donors (Lipinski definition) is 0. The fourth-order valence-corrected chi connectivity index (χ4v) is 14.1. The van der Waals surface area contributed by atoms with Gasteiger partial charge in [-0.15, -0.1) is 0 Å². The highest BCUT2D eigenvalue weighted by Crippen LogP contribution is 2.31. The summed E-state index contributed by atoms with van der Waals surface area (Å²) in [6, 6.07) is 121. The van der Waals surface area contributed by atoms with Gasteiger partial charge in [-0.1, -0.05) is 267 Å². The SMILES string of the molecule is CN(C)c1ccc(CN(Cc2ccccc2)CC(c2ccccc2)c2ccccc2)cc1.CN(C)c1ccc(CN(Cc2ccccc2)Cc2ccc(N(C)C)cc2)cc1.CN(C)c1ccc(CN(Cc2ccccc2)Cc2ccc3c(c2)CCO3)cc1.O=COc1ccc(CN(Cc2ccccc2)Cc2ccc(F)cc2)cc1. The number of hydrogen-bond acceptors (Lipinski definition) is 11. The van der Waals surface area contributed by atoms with E-state index in [4.69, 9.17) is 9.47 Å². The molecule has 12 heteroatoms. The monoisotopic (exact) mass is 1510 g/mol. The molecule has 0 radical (unpaired) electrons. The zero-order valence-corrected chi connectivity index (χ0v) is 67.6. The standard InChI is InChI=1S/C30H32N2.C25H31N3.C25H28N2O.C22H20FNO2/c1-31(2)29-20-18-26(19-21-29)23-32(22-25-12-6-3-7-13-25)24-30(27-14-8-4-9-15-27)28-16-10-5-11-17-28;1-26(2)24-14-10-22(11-15-24)19-28(18-21-8-6-5-7-9-21)20-23-12-16-25(17-13-23)27(3)4;1-26(2)24-11-8-21(9-12-24)18-27(17-20-6-4-3-5-7-20)19-22-10-13-25-23(16-22)14-15-28-25;23-21-10-6-19(7-11-21)15-24(14-18-4-2-1-3-5-18)16-20-8-12-22(13-9-20)26-17-25/h3-21,30H,22-24H2,1-2H3;5-17H,18-20H2,1-4H3;3-13,16H,14-15,17-19H2,1-2H3;1-13,17H,14-16H2. The van der Waals surface area contributed by atoms with E-state index in [2.05, 4.69) is 375 Å². The fourth-order valence-electron chi connectivity index (χ4n) is 14.1. The lowest BCUT2D eigenvalue weighted by atomic mass is 9.90. The molecule has 11 nitrogen and oxygen atoms in total. The fraction of sp³-hybridized carbons (Fsp3) is 0.225. The van der Waals surface area contributed by atoms with Gasteiger partial charge in [-0.25, -0.2) is 4.39 Å². The molecule has 0 saturated heterocycles. The summed E-state index contributed by atoms with van der Waals surface area (Å²) in [6.07, 6.45) is 1.02. The first-order valence-corrected chi connectivity index (χ1v) is 39.5. The van der Waals surface area contributed by atoms with E-state index in [1.165, 1.54) is 102 Å². The zero-order valence-electron chi connectivity index (χ0n) is 67.6. The van der Waals surface area contributed by atoms with E-state index in [0.717, 1.165) is 102 Å². The van der Waals surface area contributed by atoms with Gasteiger partial charge in [0.05, 0.1) is 6.61 Å². The molecule has 0 amide bonds. The molecule has 0 aromatic heterocycles. The highest BCUT2D eigenvalue weighted by atomic mass is 19.1. The second kappa shape index (κ2) is 43.8. The molecule has 0 atom stereocenters. The maximum atomic E-state index is 13.2. The minimum atomic E-state index is -0.228. The van der Waals surface area contributed by atoms with Crippen LogP contribution in [0.15, 0.2) is 346 Å². The lowest BCUT2D eigenvalue weighted by molar-refractivity contribution is -0.120. The zero-order chi connectivity index (χ0) is 79.6. The molecule has 584 valence electrons. The molecule has 0 spiro atoms. The van der Waals surface area contributed by atoms with Crippen LogP contribution in [0, 0.1) is 5.82 Å². The summed E-state index contributed by atoms with van der Waals surface area (Å²) in [5.74, 6) is 1.67. The summed E-state index contributed by atoms with van der Waals surface area (Å²) < 4.78 is 23.7. The van der Waals surface area contributed by atoms with Crippen molar-refractivity contribution in [2.45, 2.75) is 84.3 Å². The number of nitrogens with zero attached hydrogens (tertiary/aromatic N) is 8. The predicted octanol–water partition coefficient (Wildman–Crippen LogP) is 21.1. The molecule has 13 aromatic rings. The molecule has 13 aromatic carbocycles. The van der Waals surface area contributed by atoms with Gasteiger partial charge in [0.15, 0.2) is 0 Å². The van der Waals surface area contributed by atoms with Gasteiger partial charge in [-0.2, -0.15) is 0 Å². The van der Waals surface area contributed by atoms with Crippen LogP contribution in [0.3, 0.4) is 0 Å². The molecule has 0 aliphatic carbocycles. The third-order valence-corrected chi connectivity index (χ3v) is 20.3. The first-order chi connectivity index (χ1) is 55.6. The Hall–Kier alpha value is -11.9. The van der Waals surface area contributed by atoms with Gasteiger partial charge in [0.1, 0.15) is 17.3 Å². The highest BCUT2D eigenvalue weighted by Gasteiger charge is 2.21. The Balaban J connectivity index is 0.000000150. The molecule has 0 unspecified atom stereocenters. The van der Waals surface area contributed by atoms with E-state index in [0.29, 0.717) is 24.7 Å². The number of fused-ring (bicyclic) bond motifs is 1. The van der Waals surface area contributed by atoms with Crippen molar-refractivity contribution in [2.75, 3.05) is 89.1 Å². The molecule has 1 heterocycles. The van der Waals surface area contributed by atoms with E-state index in [9.17, 15) is 9.18 Å². The number of anilines is 4. The molecule has 1 aliphatic rings. The first kappa shape index (κ1) is 83.0.